The first-order valence-corrected chi connectivity index (χ1v) is 4.34. The minimum atomic E-state index is -0.610. The molecular formula is C5H10ClN3O2S. The highest BCUT2D eigenvalue weighted by Gasteiger charge is 2.16. The fourth-order valence-electron chi connectivity index (χ4n) is 0.652. The van der Waals surface area contributed by atoms with Crippen molar-refractivity contribution in [3.8, 4) is 0 Å². The fourth-order valence-corrected chi connectivity index (χ4v) is 1.05. The van der Waals surface area contributed by atoms with Crippen molar-refractivity contribution in [3.63, 3.8) is 0 Å². The maximum atomic E-state index is 11.0. The van der Waals surface area contributed by atoms with Crippen LogP contribution in [0.1, 0.15) is 6.92 Å². The maximum absolute atomic E-state index is 11.0. The van der Waals surface area contributed by atoms with Gasteiger partial charge in [-0.2, -0.15) is 18.1 Å². The molecule has 70 valence electrons. The van der Waals surface area contributed by atoms with Gasteiger partial charge in [-0.05, 0) is 6.92 Å². The highest BCUT2D eigenvalue weighted by atomic mass is 35.5. The van der Waals surface area contributed by atoms with Crippen LogP contribution in [-0.2, 0) is 0 Å². The molecule has 12 heavy (non-hydrogen) atoms. The van der Waals surface area contributed by atoms with Gasteiger partial charge in [-0.25, -0.2) is 4.79 Å². The minimum Gasteiger partial charge on any atom is -0.306 e. The summed E-state index contributed by atoms with van der Waals surface area (Å²) in [5, 5.41) is 2.25. The Bertz CT molecular complexity index is 167. The van der Waals surface area contributed by atoms with Crippen LogP contribution in [-0.4, -0.2) is 28.7 Å². The molecule has 1 N–H and O–H groups in total. The standard InChI is InChI=1S/C5H10ClN3O2S/c1-4(6)9(2-3-12)5(10)7-8-11/h4,12H,2-3H2,1H3,(H,7,10,11). The molecule has 0 rings (SSSR count). The van der Waals surface area contributed by atoms with E-state index in [-0.39, 0.29) is 0 Å². The summed E-state index contributed by atoms with van der Waals surface area (Å²) >= 11 is 9.57. The summed E-state index contributed by atoms with van der Waals surface area (Å²) in [6.07, 6.45) is 0. The molecule has 0 aliphatic heterocycles. The third-order valence-corrected chi connectivity index (χ3v) is 1.61. The number of thiol groups is 1. The van der Waals surface area contributed by atoms with Crippen LogP contribution in [0.25, 0.3) is 0 Å². The van der Waals surface area contributed by atoms with Gasteiger partial charge in [0.15, 0.2) is 0 Å². The van der Waals surface area contributed by atoms with E-state index in [1.807, 2.05) is 0 Å². The molecule has 1 unspecified atom stereocenters. The molecule has 0 aromatic rings. The number of nitrogens with zero attached hydrogens (tertiary/aromatic N) is 2. The third-order valence-electron chi connectivity index (χ3n) is 1.17. The molecule has 0 fully saturated rings. The molecule has 0 bridgehead atoms. The normalized spacial score (nSPS) is 11.9. The topological polar surface area (TPSA) is 61.8 Å². The lowest BCUT2D eigenvalue weighted by Crippen LogP contribution is -2.42. The van der Waals surface area contributed by atoms with Crippen molar-refractivity contribution in [3.05, 3.63) is 4.91 Å². The number of amides is 2. The van der Waals surface area contributed by atoms with E-state index < -0.39 is 11.5 Å². The Morgan fingerprint density at radius 3 is 2.75 bits per heavy atom. The number of rotatable bonds is 4. The molecule has 0 aromatic carbocycles. The Hall–Kier alpha value is -0.490. The average Bonchev–Trinajstić information content (AvgIpc) is 1.99. The molecule has 0 aromatic heterocycles. The average molecular weight is 212 g/mol. The SMILES string of the molecule is CC(Cl)N(CCS)C(=O)NN=O. The van der Waals surface area contributed by atoms with Crippen molar-refractivity contribution >= 4 is 30.3 Å². The number of hydrogen-bond donors (Lipinski definition) is 2. The van der Waals surface area contributed by atoms with Gasteiger partial charge in [0.05, 0.1) is 5.29 Å². The van der Waals surface area contributed by atoms with Gasteiger partial charge in [0.2, 0.25) is 0 Å². The van der Waals surface area contributed by atoms with Crippen molar-refractivity contribution in [2.45, 2.75) is 12.4 Å². The van der Waals surface area contributed by atoms with E-state index in [1.54, 1.807) is 12.3 Å². The second-order valence-corrected chi connectivity index (χ2v) is 3.08. The van der Waals surface area contributed by atoms with Gasteiger partial charge in [-0.15, -0.1) is 4.91 Å². The highest BCUT2D eigenvalue weighted by Crippen LogP contribution is 2.03. The first-order valence-electron chi connectivity index (χ1n) is 3.27. The second kappa shape index (κ2) is 6.07. The fraction of sp³-hybridized carbons (Fsp3) is 0.800. The van der Waals surface area contributed by atoms with E-state index >= 15 is 0 Å². The molecule has 0 aliphatic carbocycles. The molecule has 7 heteroatoms. The lowest BCUT2D eigenvalue weighted by Gasteiger charge is -2.22. The van der Waals surface area contributed by atoms with E-state index in [4.69, 9.17) is 11.6 Å². The van der Waals surface area contributed by atoms with E-state index in [0.717, 1.165) is 0 Å². The van der Waals surface area contributed by atoms with Crippen LogP contribution in [0.5, 0.6) is 0 Å². The summed E-state index contributed by atoms with van der Waals surface area (Å²) in [6.45, 7) is 1.99. The van der Waals surface area contributed by atoms with Gasteiger partial charge in [-0.3, -0.25) is 0 Å². The van der Waals surface area contributed by atoms with Gasteiger partial charge in [0.1, 0.15) is 5.50 Å². The lowest BCUT2D eigenvalue weighted by molar-refractivity contribution is 0.198. The number of hydrogen-bond acceptors (Lipinski definition) is 4. The van der Waals surface area contributed by atoms with Crippen molar-refractivity contribution in [1.82, 2.24) is 10.3 Å². The predicted molar refractivity (Wildman–Crippen MR) is 50.2 cm³/mol. The molecule has 5 nitrogen and oxygen atoms in total. The molecule has 0 saturated heterocycles. The van der Waals surface area contributed by atoms with E-state index in [9.17, 15) is 9.70 Å². The molecule has 0 heterocycles. The van der Waals surface area contributed by atoms with Crippen molar-refractivity contribution in [2.75, 3.05) is 12.3 Å². The molecule has 0 spiro atoms. The minimum absolute atomic E-state index is 0.370. The predicted octanol–water partition coefficient (Wildman–Crippen LogP) is 1.19. The van der Waals surface area contributed by atoms with Crippen molar-refractivity contribution in [2.24, 2.45) is 5.29 Å². The second-order valence-electron chi connectivity index (χ2n) is 2.00. The van der Waals surface area contributed by atoms with Crippen molar-refractivity contribution in [1.29, 1.82) is 0 Å². The van der Waals surface area contributed by atoms with Gasteiger partial charge in [0, 0.05) is 12.3 Å². The Kier molecular flexibility index (Phi) is 5.83. The molecule has 2 amide bonds. The Labute approximate surface area is 80.8 Å². The molecular weight excluding hydrogens is 202 g/mol. The third kappa shape index (κ3) is 3.77. The smallest absolute Gasteiger partial charge is 0.306 e. The summed E-state index contributed by atoms with van der Waals surface area (Å²) < 4.78 is 0. The summed E-state index contributed by atoms with van der Waals surface area (Å²) in [7, 11) is 0. The van der Waals surface area contributed by atoms with E-state index in [0.29, 0.717) is 12.3 Å². The van der Waals surface area contributed by atoms with Crippen LogP contribution in [0.2, 0.25) is 0 Å². The van der Waals surface area contributed by atoms with Gasteiger partial charge in [-0.1, -0.05) is 11.6 Å². The molecule has 0 aliphatic rings. The summed E-state index contributed by atoms with van der Waals surface area (Å²) in [5.74, 6) is 0.476. The van der Waals surface area contributed by atoms with E-state index in [2.05, 4.69) is 17.9 Å². The zero-order chi connectivity index (χ0) is 9.56. The number of carbonyl (C=O) groups is 1. The van der Waals surface area contributed by atoms with Crippen LogP contribution < -0.4 is 5.43 Å². The summed E-state index contributed by atoms with van der Waals surface area (Å²) in [6, 6.07) is -0.610. The van der Waals surface area contributed by atoms with Crippen LogP contribution in [0.3, 0.4) is 0 Å². The number of urea groups is 1. The van der Waals surface area contributed by atoms with E-state index in [1.165, 1.54) is 4.90 Å². The number of halogens is 1. The Morgan fingerprint density at radius 2 is 2.42 bits per heavy atom. The quantitative estimate of drug-likeness (QED) is 0.241. The first-order chi connectivity index (χ1) is 5.63. The largest absolute Gasteiger partial charge is 0.341 e. The number of carbonyl (C=O) groups excluding carboxylic acids is 1. The first kappa shape index (κ1) is 11.5. The highest BCUT2D eigenvalue weighted by molar-refractivity contribution is 7.80. The van der Waals surface area contributed by atoms with Gasteiger partial charge >= 0.3 is 6.03 Å². The Balaban J connectivity index is 4.08. The van der Waals surface area contributed by atoms with Gasteiger partial charge < -0.3 is 4.90 Å². The molecule has 0 radical (unpaired) electrons. The van der Waals surface area contributed by atoms with Crippen molar-refractivity contribution < 1.29 is 4.79 Å². The number of nitrogens with one attached hydrogen (secondary N) is 1. The lowest BCUT2D eigenvalue weighted by atomic mass is 10.5. The van der Waals surface area contributed by atoms with Crippen LogP contribution in [0.4, 0.5) is 4.79 Å². The molecule has 0 saturated carbocycles. The number of alkyl halides is 1. The molecule has 1 atom stereocenters. The Morgan fingerprint density at radius 1 is 1.83 bits per heavy atom. The number of nitroso groups, excluding NO2 is 1. The van der Waals surface area contributed by atoms with Crippen LogP contribution in [0, 0.1) is 4.91 Å². The van der Waals surface area contributed by atoms with Gasteiger partial charge in [0.25, 0.3) is 0 Å². The monoisotopic (exact) mass is 211 g/mol. The zero-order valence-electron chi connectivity index (χ0n) is 6.53. The summed E-state index contributed by atoms with van der Waals surface area (Å²) in [5.41, 5.74) is 1.26. The van der Waals surface area contributed by atoms with Crippen LogP contribution in [0.15, 0.2) is 5.29 Å². The summed E-state index contributed by atoms with van der Waals surface area (Å²) in [4.78, 5) is 21.9. The maximum Gasteiger partial charge on any atom is 0.341 e. The zero-order valence-corrected chi connectivity index (χ0v) is 8.18. The van der Waals surface area contributed by atoms with Crippen LogP contribution >= 0.6 is 24.2 Å².